The fraction of sp³-hybridized carbons (Fsp3) is 0. The van der Waals surface area contributed by atoms with E-state index in [1.54, 1.807) is 0 Å². The van der Waals surface area contributed by atoms with Crippen LogP contribution in [-0.2, 0) is 0 Å². The van der Waals surface area contributed by atoms with Crippen LogP contribution in [0.5, 0.6) is 0 Å². The number of para-hydroxylation sites is 4. The van der Waals surface area contributed by atoms with Crippen molar-refractivity contribution in [3.8, 4) is 61.7 Å². The van der Waals surface area contributed by atoms with Crippen LogP contribution in [0.4, 0.5) is 17.1 Å². The number of pyridine rings is 1. The Morgan fingerprint density at radius 1 is 0.365 bits per heavy atom. The molecule has 0 unspecified atom stereocenters. The van der Waals surface area contributed by atoms with E-state index in [-0.39, 0.29) is 0 Å². The quantitative estimate of drug-likeness (QED) is 0.183. The van der Waals surface area contributed by atoms with Gasteiger partial charge in [-0.05, 0) is 65.7 Å². The maximum atomic E-state index is 5.20. The standard InChI is InChI=1S/C49H33N3/c1-4-16-34(17-5-1)37-32-43(35-18-6-2-7-19-35)50-44(33-37)36-28-30-39(31-29-36)52-46-26-14-11-23-41(46)48-40-22-10-13-25-45(40)51(38-20-8-3-9-21-38)47-27-15-12-24-42(47)49(48)52/h1-33H. The zero-order valence-corrected chi connectivity index (χ0v) is 28.4. The highest BCUT2D eigenvalue weighted by atomic mass is 15.2. The Morgan fingerprint density at radius 2 is 0.885 bits per heavy atom. The third kappa shape index (κ3) is 4.94. The van der Waals surface area contributed by atoms with E-state index in [1.807, 2.05) is 6.07 Å². The highest BCUT2D eigenvalue weighted by molar-refractivity contribution is 6.13. The lowest BCUT2D eigenvalue weighted by Crippen LogP contribution is -2.11. The number of benzene rings is 7. The monoisotopic (exact) mass is 663 g/mol. The van der Waals surface area contributed by atoms with Crippen LogP contribution in [0.25, 0.3) is 72.6 Å². The van der Waals surface area contributed by atoms with Gasteiger partial charge in [0.05, 0.1) is 34.0 Å². The minimum atomic E-state index is 0.945. The molecular weight excluding hydrogens is 631 g/mol. The summed E-state index contributed by atoms with van der Waals surface area (Å²) in [6.07, 6.45) is 0. The molecule has 0 saturated heterocycles. The number of hydrogen-bond acceptors (Lipinski definition) is 2. The molecule has 3 nitrogen and oxygen atoms in total. The Bertz CT molecular complexity index is 2650. The summed E-state index contributed by atoms with van der Waals surface area (Å²) in [5.41, 5.74) is 16.9. The van der Waals surface area contributed by atoms with Crippen molar-refractivity contribution < 1.29 is 0 Å². The molecule has 9 aromatic rings. The summed E-state index contributed by atoms with van der Waals surface area (Å²) in [5, 5.41) is 1.23. The fourth-order valence-electron chi connectivity index (χ4n) is 7.78. The van der Waals surface area contributed by atoms with E-state index in [1.165, 1.54) is 38.9 Å². The van der Waals surface area contributed by atoms with Crippen LogP contribution < -0.4 is 4.90 Å². The summed E-state index contributed by atoms with van der Waals surface area (Å²) in [6.45, 7) is 0. The smallest absolute Gasteiger partial charge is 0.0715 e. The summed E-state index contributed by atoms with van der Waals surface area (Å²) < 4.78 is 2.45. The van der Waals surface area contributed by atoms with E-state index < -0.39 is 0 Å². The second-order valence-electron chi connectivity index (χ2n) is 13.2. The van der Waals surface area contributed by atoms with E-state index in [2.05, 4.69) is 204 Å². The number of fused-ring (bicyclic) bond motifs is 7. The van der Waals surface area contributed by atoms with E-state index in [4.69, 9.17) is 4.98 Å². The summed E-state index contributed by atoms with van der Waals surface area (Å²) in [5.74, 6) is 0. The van der Waals surface area contributed by atoms with Crippen molar-refractivity contribution in [2.75, 3.05) is 4.90 Å². The van der Waals surface area contributed by atoms with Crippen LogP contribution in [0.2, 0.25) is 0 Å². The second kappa shape index (κ2) is 12.4. The maximum absolute atomic E-state index is 5.20. The van der Waals surface area contributed by atoms with Crippen molar-refractivity contribution in [1.29, 1.82) is 0 Å². The van der Waals surface area contributed by atoms with Crippen LogP contribution >= 0.6 is 0 Å². The first kappa shape index (κ1) is 29.9. The van der Waals surface area contributed by atoms with Crippen molar-refractivity contribution in [3.63, 3.8) is 0 Å². The number of anilines is 3. The molecule has 0 saturated carbocycles. The molecule has 10 rings (SSSR count). The molecule has 7 aromatic carbocycles. The van der Waals surface area contributed by atoms with Gasteiger partial charge in [0.25, 0.3) is 0 Å². The molecule has 244 valence electrons. The maximum Gasteiger partial charge on any atom is 0.0715 e. The molecular formula is C49H33N3. The van der Waals surface area contributed by atoms with Gasteiger partial charge >= 0.3 is 0 Å². The predicted molar refractivity (Wildman–Crippen MR) is 216 cm³/mol. The molecule has 0 atom stereocenters. The zero-order chi connectivity index (χ0) is 34.4. The first-order chi connectivity index (χ1) is 25.8. The molecule has 3 heterocycles. The van der Waals surface area contributed by atoms with Crippen LogP contribution in [0.3, 0.4) is 0 Å². The zero-order valence-electron chi connectivity index (χ0n) is 28.4. The summed E-state index contributed by atoms with van der Waals surface area (Å²) >= 11 is 0. The van der Waals surface area contributed by atoms with Crippen LogP contribution in [0.15, 0.2) is 200 Å². The SMILES string of the molecule is c1ccc(-c2cc(-c3ccccc3)nc(-c3ccc(-n4c5c(c6ccccc64)-c4ccccc4N(c4ccccc4)c4ccccc4-5)cc3)c2)cc1. The van der Waals surface area contributed by atoms with Crippen molar-refractivity contribution in [2.24, 2.45) is 0 Å². The van der Waals surface area contributed by atoms with Gasteiger partial charge in [-0.15, -0.1) is 0 Å². The highest BCUT2D eigenvalue weighted by Gasteiger charge is 2.31. The van der Waals surface area contributed by atoms with E-state index in [9.17, 15) is 0 Å². The average Bonchev–Trinajstić information content (AvgIpc) is 3.51. The molecule has 0 spiro atoms. The van der Waals surface area contributed by atoms with Gasteiger partial charge < -0.3 is 9.47 Å². The largest absolute Gasteiger partial charge is 0.309 e. The van der Waals surface area contributed by atoms with Gasteiger partial charge in [0.2, 0.25) is 0 Å². The Kier molecular flexibility index (Phi) is 7.14. The van der Waals surface area contributed by atoms with Crippen LogP contribution in [0.1, 0.15) is 0 Å². The van der Waals surface area contributed by atoms with Crippen LogP contribution in [-0.4, -0.2) is 9.55 Å². The van der Waals surface area contributed by atoms with Gasteiger partial charge in [-0.1, -0.05) is 146 Å². The minimum Gasteiger partial charge on any atom is -0.309 e. The first-order valence-corrected chi connectivity index (χ1v) is 17.7. The van der Waals surface area contributed by atoms with E-state index in [0.717, 1.165) is 50.8 Å². The van der Waals surface area contributed by atoms with Gasteiger partial charge in [-0.3, -0.25) is 0 Å². The molecule has 1 aliphatic heterocycles. The Labute approximate surface area is 303 Å². The number of nitrogens with zero attached hydrogens (tertiary/aromatic N) is 3. The summed E-state index contributed by atoms with van der Waals surface area (Å²) in [4.78, 5) is 7.61. The topological polar surface area (TPSA) is 21.1 Å². The van der Waals surface area contributed by atoms with E-state index in [0.29, 0.717) is 0 Å². The fourth-order valence-corrected chi connectivity index (χ4v) is 7.78. The molecule has 0 aliphatic carbocycles. The first-order valence-electron chi connectivity index (χ1n) is 17.7. The van der Waals surface area contributed by atoms with Gasteiger partial charge in [0.1, 0.15) is 0 Å². The Hall–Kier alpha value is -6.97. The number of rotatable bonds is 5. The Balaban J connectivity index is 1.18. The third-order valence-electron chi connectivity index (χ3n) is 10.1. The lowest BCUT2D eigenvalue weighted by atomic mass is 9.98. The lowest BCUT2D eigenvalue weighted by molar-refractivity contribution is 1.13. The summed E-state index contributed by atoms with van der Waals surface area (Å²) in [7, 11) is 0. The molecule has 0 amide bonds. The molecule has 0 N–H and O–H groups in total. The third-order valence-corrected chi connectivity index (χ3v) is 10.1. The van der Waals surface area contributed by atoms with Gasteiger partial charge in [-0.25, -0.2) is 4.98 Å². The van der Waals surface area contributed by atoms with E-state index >= 15 is 0 Å². The van der Waals surface area contributed by atoms with Gasteiger partial charge in [0, 0.05) is 44.6 Å². The molecule has 52 heavy (non-hydrogen) atoms. The molecule has 0 bridgehead atoms. The predicted octanol–water partition coefficient (Wildman–Crippen LogP) is 13.1. The summed E-state index contributed by atoms with van der Waals surface area (Å²) in [6, 6.07) is 71.5. The average molecular weight is 664 g/mol. The highest BCUT2D eigenvalue weighted by Crippen LogP contribution is 2.54. The number of aromatic nitrogens is 2. The molecule has 2 aromatic heterocycles. The number of hydrogen-bond donors (Lipinski definition) is 0. The molecule has 3 heteroatoms. The van der Waals surface area contributed by atoms with Gasteiger partial charge in [0.15, 0.2) is 0 Å². The van der Waals surface area contributed by atoms with Crippen molar-refractivity contribution in [3.05, 3.63) is 200 Å². The molecule has 1 aliphatic rings. The minimum absolute atomic E-state index is 0.945. The second-order valence-corrected chi connectivity index (χ2v) is 13.2. The molecule has 0 radical (unpaired) electrons. The van der Waals surface area contributed by atoms with Crippen molar-refractivity contribution in [2.45, 2.75) is 0 Å². The molecule has 0 fully saturated rings. The lowest BCUT2D eigenvalue weighted by Gasteiger charge is -2.27. The van der Waals surface area contributed by atoms with Gasteiger partial charge in [-0.2, -0.15) is 0 Å². The normalized spacial score (nSPS) is 11.8. The van der Waals surface area contributed by atoms with Crippen LogP contribution in [0, 0.1) is 0 Å². The Morgan fingerprint density at radius 3 is 1.58 bits per heavy atom. The van der Waals surface area contributed by atoms with Crippen molar-refractivity contribution >= 4 is 28.0 Å². The van der Waals surface area contributed by atoms with Crippen molar-refractivity contribution in [1.82, 2.24) is 9.55 Å².